The van der Waals surface area contributed by atoms with Gasteiger partial charge in [0, 0.05) is 29.4 Å². The zero-order valence-electron chi connectivity index (χ0n) is 20.8. The molecule has 0 bridgehead atoms. The van der Waals surface area contributed by atoms with Crippen molar-refractivity contribution in [2.24, 2.45) is 5.41 Å². The lowest BCUT2D eigenvalue weighted by Crippen LogP contribution is -2.64. The van der Waals surface area contributed by atoms with Crippen molar-refractivity contribution < 1.29 is 18.7 Å². The second-order valence-electron chi connectivity index (χ2n) is 11.2. The van der Waals surface area contributed by atoms with Gasteiger partial charge in [-0.1, -0.05) is 18.5 Å². The van der Waals surface area contributed by atoms with Crippen molar-refractivity contribution in [3.05, 3.63) is 40.4 Å². The molecule has 6 rings (SSSR count). The lowest BCUT2D eigenvalue weighted by molar-refractivity contribution is -0.158. The van der Waals surface area contributed by atoms with Crippen molar-refractivity contribution in [2.45, 2.75) is 83.2 Å². The molecule has 2 saturated carbocycles. The van der Waals surface area contributed by atoms with Crippen LogP contribution in [0.5, 0.6) is 0 Å². The molecule has 1 aromatic carbocycles. The van der Waals surface area contributed by atoms with E-state index in [1.54, 1.807) is 9.80 Å². The molecule has 1 saturated heterocycles. The van der Waals surface area contributed by atoms with Crippen LogP contribution in [0, 0.1) is 5.41 Å². The van der Waals surface area contributed by atoms with E-state index in [1.807, 2.05) is 39.0 Å². The van der Waals surface area contributed by atoms with E-state index in [2.05, 4.69) is 14.8 Å². The number of halogens is 2. The average Bonchev–Trinajstić information content (AvgIpc) is 3.43. The van der Waals surface area contributed by atoms with Crippen LogP contribution in [-0.2, 0) is 16.1 Å². The first-order chi connectivity index (χ1) is 17.1. The third-order valence-corrected chi connectivity index (χ3v) is 8.66. The molecule has 2 atom stereocenters. The van der Waals surface area contributed by atoms with Gasteiger partial charge in [-0.2, -0.15) is 0 Å². The Morgan fingerprint density at radius 1 is 1.22 bits per heavy atom. The Bertz CT molecular complexity index is 1230. The van der Waals surface area contributed by atoms with Crippen LogP contribution in [0.15, 0.2) is 18.2 Å². The molecule has 192 valence electrons. The van der Waals surface area contributed by atoms with E-state index in [-0.39, 0.29) is 35.5 Å². The summed E-state index contributed by atoms with van der Waals surface area (Å²) in [6, 6.07) is 5.33. The first-order valence-corrected chi connectivity index (χ1v) is 13.2. The fourth-order valence-electron chi connectivity index (χ4n) is 5.94. The van der Waals surface area contributed by atoms with Crippen molar-refractivity contribution >= 4 is 23.6 Å². The molecule has 10 heteroatoms. The van der Waals surface area contributed by atoms with Gasteiger partial charge >= 0.3 is 6.09 Å². The number of carbonyl (C=O) groups is 2. The fraction of sp³-hybridized carbons (Fsp3) is 0.615. The summed E-state index contributed by atoms with van der Waals surface area (Å²) < 4.78 is 21.9. The smallest absolute Gasteiger partial charge is 0.410 e. The van der Waals surface area contributed by atoms with Gasteiger partial charge in [0.25, 0.3) is 5.91 Å². The molecule has 8 nitrogen and oxygen atoms in total. The van der Waals surface area contributed by atoms with Gasteiger partial charge in [-0.15, -0.1) is 10.2 Å². The van der Waals surface area contributed by atoms with E-state index < -0.39 is 5.67 Å². The first kappa shape index (κ1) is 23.7. The summed E-state index contributed by atoms with van der Waals surface area (Å²) in [6.07, 6.45) is 2.63. The van der Waals surface area contributed by atoms with E-state index in [0.717, 1.165) is 36.3 Å². The van der Waals surface area contributed by atoms with Gasteiger partial charge in [0.1, 0.15) is 11.9 Å². The molecule has 0 N–H and O–H groups in total. The summed E-state index contributed by atoms with van der Waals surface area (Å²) in [5, 5.41) is 9.73. The predicted octanol–water partition coefficient (Wildman–Crippen LogP) is 4.94. The molecule has 3 heterocycles. The topological polar surface area (TPSA) is 80.6 Å². The van der Waals surface area contributed by atoms with E-state index in [1.165, 1.54) is 0 Å². The molecule has 2 amide bonds. The molecule has 2 aliphatic heterocycles. The maximum atomic E-state index is 14.2. The number of rotatable bonds is 4. The van der Waals surface area contributed by atoms with E-state index in [9.17, 15) is 14.0 Å². The summed E-state index contributed by atoms with van der Waals surface area (Å²) in [6.45, 7) is 7.39. The number of likely N-dealkylation sites (tertiary alicyclic amines) is 1. The minimum absolute atomic E-state index is 0.0449. The number of nitrogens with zero attached hydrogens (tertiary/aromatic N) is 5. The van der Waals surface area contributed by atoms with Crippen LogP contribution in [0.4, 0.5) is 9.18 Å². The van der Waals surface area contributed by atoms with Crippen LogP contribution in [0.1, 0.15) is 82.0 Å². The molecule has 36 heavy (non-hydrogen) atoms. The van der Waals surface area contributed by atoms with Crippen LogP contribution >= 0.6 is 11.6 Å². The lowest BCUT2D eigenvalue weighted by atomic mass is 9.57. The monoisotopic (exact) mass is 515 g/mol. The largest absolute Gasteiger partial charge is 0.446 e. The number of fused-ring (bicyclic) bond motifs is 3. The van der Waals surface area contributed by atoms with Gasteiger partial charge in [-0.05, 0) is 69.7 Å². The second kappa shape index (κ2) is 8.16. The number of carbonyl (C=O) groups excluding carboxylic acids is 2. The Labute approximate surface area is 214 Å². The highest BCUT2D eigenvalue weighted by atomic mass is 35.5. The highest BCUT2D eigenvalue weighted by molar-refractivity contribution is 6.30. The maximum Gasteiger partial charge on any atom is 0.410 e. The number of amides is 2. The van der Waals surface area contributed by atoms with Crippen molar-refractivity contribution in [3.63, 3.8) is 0 Å². The van der Waals surface area contributed by atoms with Crippen LogP contribution in [0.3, 0.4) is 0 Å². The quantitative estimate of drug-likeness (QED) is 0.576. The summed E-state index contributed by atoms with van der Waals surface area (Å²) >= 11 is 6.35. The van der Waals surface area contributed by atoms with Gasteiger partial charge in [0.05, 0.1) is 18.3 Å². The van der Waals surface area contributed by atoms with Crippen molar-refractivity contribution in [2.75, 3.05) is 13.1 Å². The van der Waals surface area contributed by atoms with Gasteiger partial charge < -0.3 is 9.64 Å². The van der Waals surface area contributed by atoms with E-state index >= 15 is 0 Å². The van der Waals surface area contributed by atoms with Gasteiger partial charge in [-0.25, -0.2) is 9.18 Å². The average molecular weight is 516 g/mol. The third-order valence-electron chi connectivity index (χ3n) is 8.42. The number of aromatic nitrogens is 3. The normalized spacial score (nSPS) is 24.2. The van der Waals surface area contributed by atoms with Crippen LogP contribution in [-0.4, -0.2) is 61.4 Å². The molecule has 1 unspecified atom stereocenters. The Morgan fingerprint density at radius 3 is 2.58 bits per heavy atom. The zero-order valence-corrected chi connectivity index (χ0v) is 21.6. The molecule has 2 aromatic rings. The van der Waals surface area contributed by atoms with E-state index in [0.29, 0.717) is 43.3 Å². The molecule has 3 fully saturated rings. The standard InChI is InChI=1S/C26H31ClFN5O3/c1-4-15(2)36-24(35)32-12-17-9-19(27)5-6-20(17)33-21(16(32)3)29-30-22(33)18-10-25(11-18)13-31(14-25)23(34)26(28)7-8-26/h5-6,9,15-16,18H,4,7-8,10-14H2,1-3H3/t15-,16?/m1/s1. The Kier molecular flexibility index (Phi) is 5.37. The summed E-state index contributed by atoms with van der Waals surface area (Å²) in [7, 11) is 0. The summed E-state index contributed by atoms with van der Waals surface area (Å²) in [5.41, 5.74) is 0.267. The van der Waals surface area contributed by atoms with Crippen molar-refractivity contribution in [1.29, 1.82) is 0 Å². The van der Waals surface area contributed by atoms with Crippen molar-refractivity contribution in [3.8, 4) is 5.69 Å². The Balaban J connectivity index is 1.26. The highest BCUT2D eigenvalue weighted by Gasteiger charge is 2.60. The number of ether oxygens (including phenoxy) is 1. The molecule has 4 aliphatic rings. The lowest BCUT2D eigenvalue weighted by Gasteiger charge is -2.59. The number of alkyl halides is 1. The Hall–Kier alpha value is -2.68. The third kappa shape index (κ3) is 3.69. The minimum Gasteiger partial charge on any atom is -0.446 e. The number of hydrogen-bond donors (Lipinski definition) is 0. The van der Waals surface area contributed by atoms with Crippen LogP contribution in [0.2, 0.25) is 5.02 Å². The SMILES string of the molecule is CC[C@@H](C)OC(=O)N1Cc2cc(Cl)ccc2-n2c(C3CC4(C3)CN(C(=O)C3(F)CC3)C4)nnc2C1C. The van der Waals surface area contributed by atoms with Crippen LogP contribution in [0.25, 0.3) is 5.69 Å². The second-order valence-corrected chi connectivity index (χ2v) is 11.6. The van der Waals surface area contributed by atoms with E-state index in [4.69, 9.17) is 16.3 Å². The van der Waals surface area contributed by atoms with Crippen molar-refractivity contribution in [1.82, 2.24) is 24.6 Å². The predicted molar refractivity (Wildman–Crippen MR) is 131 cm³/mol. The first-order valence-electron chi connectivity index (χ1n) is 12.8. The molecule has 0 radical (unpaired) electrons. The molecular weight excluding hydrogens is 485 g/mol. The molecule has 1 aromatic heterocycles. The number of benzene rings is 1. The minimum atomic E-state index is -1.60. The summed E-state index contributed by atoms with van der Waals surface area (Å²) in [5.74, 6) is 1.39. The Morgan fingerprint density at radius 2 is 1.92 bits per heavy atom. The highest BCUT2D eigenvalue weighted by Crippen LogP contribution is 2.57. The van der Waals surface area contributed by atoms with Gasteiger partial charge in [0.15, 0.2) is 11.5 Å². The maximum absolute atomic E-state index is 14.2. The molecule has 1 spiro atoms. The van der Waals surface area contributed by atoms with Gasteiger partial charge in [0.2, 0.25) is 0 Å². The molecule has 2 aliphatic carbocycles. The summed E-state index contributed by atoms with van der Waals surface area (Å²) in [4.78, 5) is 28.8. The zero-order chi connectivity index (χ0) is 25.4. The van der Waals surface area contributed by atoms with Crippen LogP contribution < -0.4 is 0 Å². The van der Waals surface area contributed by atoms with Gasteiger partial charge in [-0.3, -0.25) is 14.3 Å². The fourth-order valence-corrected chi connectivity index (χ4v) is 6.13. The molecular formula is C26H31ClFN5O3. The number of hydrogen-bond acceptors (Lipinski definition) is 5.